The minimum Gasteiger partial charge on any atom is -0.355 e. The molecular formula is C24H25Cl3N4O2S. The molecule has 0 radical (unpaired) electrons. The summed E-state index contributed by atoms with van der Waals surface area (Å²) in [5.74, 6) is 2.53. The number of amides is 1. The Balaban J connectivity index is 1.21. The number of hydrogen-bond donors (Lipinski definition) is 1. The first kappa shape index (κ1) is 25.3. The first-order valence-corrected chi connectivity index (χ1v) is 13.4. The van der Waals surface area contributed by atoms with Crippen LogP contribution in [0.5, 0.6) is 0 Å². The number of hydrogen-bond acceptors (Lipinski definition) is 6. The minimum atomic E-state index is -0.0530. The molecule has 180 valence electrons. The van der Waals surface area contributed by atoms with Crippen molar-refractivity contribution in [3.63, 3.8) is 0 Å². The second-order valence-electron chi connectivity index (χ2n) is 8.11. The fourth-order valence-corrected chi connectivity index (χ4v) is 5.73. The fourth-order valence-electron chi connectivity index (χ4n) is 3.91. The van der Waals surface area contributed by atoms with Crippen molar-refractivity contribution in [2.45, 2.75) is 25.1 Å². The van der Waals surface area contributed by atoms with Gasteiger partial charge in [-0.25, -0.2) is 0 Å². The van der Waals surface area contributed by atoms with Crippen LogP contribution in [0.2, 0.25) is 15.1 Å². The van der Waals surface area contributed by atoms with E-state index in [0.717, 1.165) is 36.3 Å². The SMILES string of the molecule is O=C(NCCSCc1c(Cl)cccc1Cl)C1CCCN(Cc2nc(-c3ccccc3Cl)no2)C1. The number of thioether (sulfide) groups is 1. The van der Waals surface area contributed by atoms with Gasteiger partial charge in [0.25, 0.3) is 0 Å². The molecular weight excluding hydrogens is 515 g/mol. The molecule has 1 amide bonds. The van der Waals surface area contributed by atoms with Gasteiger partial charge in [-0.3, -0.25) is 9.69 Å². The summed E-state index contributed by atoms with van der Waals surface area (Å²) in [4.78, 5) is 19.4. The molecule has 6 nitrogen and oxygen atoms in total. The summed E-state index contributed by atoms with van der Waals surface area (Å²) in [6.45, 7) is 2.67. The third-order valence-electron chi connectivity index (χ3n) is 5.67. The molecule has 1 aromatic heterocycles. The zero-order valence-electron chi connectivity index (χ0n) is 18.5. The van der Waals surface area contributed by atoms with Crippen molar-refractivity contribution in [1.82, 2.24) is 20.4 Å². The van der Waals surface area contributed by atoms with E-state index >= 15 is 0 Å². The van der Waals surface area contributed by atoms with E-state index < -0.39 is 0 Å². The van der Waals surface area contributed by atoms with Crippen LogP contribution in [0.25, 0.3) is 11.4 Å². The molecule has 10 heteroatoms. The van der Waals surface area contributed by atoms with Crippen molar-refractivity contribution in [2.24, 2.45) is 5.92 Å². The summed E-state index contributed by atoms with van der Waals surface area (Å²) in [5.41, 5.74) is 1.67. The Bertz CT molecular complexity index is 1110. The van der Waals surface area contributed by atoms with Gasteiger partial charge in [-0.15, -0.1) is 0 Å². The number of likely N-dealkylation sites (tertiary alicyclic amines) is 1. The average molecular weight is 540 g/mol. The van der Waals surface area contributed by atoms with Crippen LogP contribution in [-0.2, 0) is 17.1 Å². The van der Waals surface area contributed by atoms with Gasteiger partial charge in [-0.05, 0) is 49.2 Å². The summed E-state index contributed by atoms with van der Waals surface area (Å²) in [5, 5.41) is 9.05. The van der Waals surface area contributed by atoms with Crippen LogP contribution < -0.4 is 5.32 Å². The van der Waals surface area contributed by atoms with E-state index in [4.69, 9.17) is 39.3 Å². The van der Waals surface area contributed by atoms with E-state index in [2.05, 4.69) is 20.4 Å². The van der Waals surface area contributed by atoms with E-state index in [0.29, 0.717) is 52.2 Å². The summed E-state index contributed by atoms with van der Waals surface area (Å²) < 4.78 is 5.43. The molecule has 0 saturated carbocycles. The zero-order valence-corrected chi connectivity index (χ0v) is 21.6. The summed E-state index contributed by atoms with van der Waals surface area (Å²) in [7, 11) is 0. The van der Waals surface area contributed by atoms with Gasteiger partial charge >= 0.3 is 0 Å². The summed E-state index contributed by atoms with van der Waals surface area (Å²) in [6, 6.07) is 12.9. The van der Waals surface area contributed by atoms with Crippen LogP contribution in [0, 0.1) is 5.92 Å². The van der Waals surface area contributed by atoms with Gasteiger partial charge in [0.1, 0.15) is 0 Å². The van der Waals surface area contributed by atoms with Gasteiger partial charge in [0.05, 0.1) is 17.5 Å². The second-order valence-corrected chi connectivity index (χ2v) is 10.4. The molecule has 1 saturated heterocycles. The van der Waals surface area contributed by atoms with Gasteiger partial charge in [0.15, 0.2) is 0 Å². The monoisotopic (exact) mass is 538 g/mol. The van der Waals surface area contributed by atoms with E-state index in [9.17, 15) is 4.79 Å². The van der Waals surface area contributed by atoms with Crippen LogP contribution in [0.1, 0.15) is 24.3 Å². The Morgan fingerprint density at radius 1 is 1.12 bits per heavy atom. The quantitative estimate of drug-likeness (QED) is 0.338. The van der Waals surface area contributed by atoms with E-state index in [1.165, 1.54) is 0 Å². The van der Waals surface area contributed by atoms with E-state index in [1.807, 2.05) is 36.4 Å². The van der Waals surface area contributed by atoms with Gasteiger partial charge in [-0.2, -0.15) is 16.7 Å². The fraction of sp³-hybridized carbons (Fsp3) is 0.375. The Kier molecular flexibility index (Phi) is 9.14. The summed E-state index contributed by atoms with van der Waals surface area (Å²) >= 11 is 20.4. The van der Waals surface area contributed by atoms with Crippen LogP contribution in [0.3, 0.4) is 0 Å². The normalized spacial score (nSPS) is 16.5. The van der Waals surface area contributed by atoms with Crippen molar-refractivity contribution in [3.8, 4) is 11.4 Å². The average Bonchev–Trinajstić information content (AvgIpc) is 3.29. The summed E-state index contributed by atoms with van der Waals surface area (Å²) in [6.07, 6.45) is 1.82. The highest BCUT2D eigenvalue weighted by atomic mass is 35.5. The first-order valence-electron chi connectivity index (χ1n) is 11.1. The Morgan fingerprint density at radius 2 is 1.88 bits per heavy atom. The van der Waals surface area contributed by atoms with Crippen LogP contribution in [-0.4, -0.2) is 46.3 Å². The van der Waals surface area contributed by atoms with Crippen LogP contribution >= 0.6 is 46.6 Å². The number of rotatable bonds is 9. The second kappa shape index (κ2) is 12.3. The maximum atomic E-state index is 12.7. The third-order valence-corrected chi connectivity index (χ3v) is 7.70. The molecule has 0 aliphatic carbocycles. The number of aromatic nitrogens is 2. The molecule has 2 heterocycles. The molecule has 34 heavy (non-hydrogen) atoms. The van der Waals surface area contributed by atoms with Gasteiger partial charge < -0.3 is 9.84 Å². The molecule has 3 aromatic rings. The standard InChI is InChI=1S/C24H25Cl3N4O2S/c25-19-7-2-1-6-17(19)23-29-22(33-30-23)14-31-11-4-5-16(13-31)24(32)28-10-12-34-15-18-20(26)8-3-9-21(18)27/h1-3,6-9,16H,4-5,10-15H2,(H,28,32). The molecule has 1 aliphatic rings. The number of nitrogens with one attached hydrogen (secondary N) is 1. The lowest BCUT2D eigenvalue weighted by Crippen LogP contribution is -2.43. The maximum Gasteiger partial charge on any atom is 0.241 e. The smallest absolute Gasteiger partial charge is 0.241 e. The van der Waals surface area contributed by atoms with Crippen LogP contribution in [0.15, 0.2) is 47.0 Å². The molecule has 4 rings (SSSR count). The van der Waals surface area contributed by atoms with Crippen molar-refractivity contribution in [3.05, 3.63) is 69.0 Å². The lowest BCUT2D eigenvalue weighted by Gasteiger charge is -2.30. The molecule has 1 atom stereocenters. The number of halogens is 3. The predicted octanol–water partition coefficient (Wildman–Crippen LogP) is 5.96. The van der Waals surface area contributed by atoms with Gasteiger partial charge in [0, 0.05) is 40.2 Å². The maximum absolute atomic E-state index is 12.7. The van der Waals surface area contributed by atoms with Gasteiger partial charge in [-0.1, -0.05) is 58.2 Å². The Hall–Kier alpha value is -1.77. The van der Waals surface area contributed by atoms with Gasteiger partial charge in [0.2, 0.25) is 17.6 Å². The zero-order chi connectivity index (χ0) is 23.9. The molecule has 1 unspecified atom stereocenters. The molecule has 1 N–H and O–H groups in total. The Morgan fingerprint density at radius 3 is 2.68 bits per heavy atom. The van der Waals surface area contributed by atoms with Crippen molar-refractivity contribution < 1.29 is 9.32 Å². The first-order chi connectivity index (χ1) is 16.5. The molecule has 2 aromatic carbocycles. The molecule has 1 aliphatic heterocycles. The molecule has 0 bridgehead atoms. The largest absolute Gasteiger partial charge is 0.355 e. The highest BCUT2D eigenvalue weighted by Gasteiger charge is 2.27. The number of carbonyl (C=O) groups is 1. The number of carbonyl (C=O) groups excluding carboxylic acids is 1. The highest BCUT2D eigenvalue weighted by molar-refractivity contribution is 7.98. The molecule has 1 fully saturated rings. The minimum absolute atomic E-state index is 0.0530. The Labute approximate surface area is 218 Å². The molecule has 0 spiro atoms. The third kappa shape index (κ3) is 6.67. The predicted molar refractivity (Wildman–Crippen MR) is 138 cm³/mol. The highest BCUT2D eigenvalue weighted by Crippen LogP contribution is 2.28. The van der Waals surface area contributed by atoms with E-state index in [1.54, 1.807) is 17.8 Å². The lowest BCUT2D eigenvalue weighted by molar-refractivity contribution is -0.126. The van der Waals surface area contributed by atoms with Crippen molar-refractivity contribution >= 4 is 52.5 Å². The van der Waals surface area contributed by atoms with Crippen LogP contribution in [0.4, 0.5) is 0 Å². The number of benzene rings is 2. The van der Waals surface area contributed by atoms with E-state index in [-0.39, 0.29) is 11.8 Å². The topological polar surface area (TPSA) is 71.3 Å². The van der Waals surface area contributed by atoms with Crippen molar-refractivity contribution in [1.29, 1.82) is 0 Å². The number of nitrogens with zero attached hydrogens (tertiary/aromatic N) is 3. The van der Waals surface area contributed by atoms with Crippen molar-refractivity contribution in [2.75, 3.05) is 25.4 Å². The lowest BCUT2D eigenvalue weighted by atomic mass is 9.97. The number of piperidine rings is 1.